The van der Waals surface area contributed by atoms with Gasteiger partial charge in [-0.2, -0.15) is 0 Å². The number of hydrogen-bond acceptors (Lipinski definition) is 0. The van der Waals surface area contributed by atoms with E-state index in [1.54, 1.807) is 0 Å². The lowest BCUT2D eigenvalue weighted by molar-refractivity contribution is 0.660. The van der Waals surface area contributed by atoms with Crippen LogP contribution in [0.2, 0.25) is 0 Å². The Morgan fingerprint density at radius 2 is 0.400 bits per heavy atom. The van der Waals surface area contributed by atoms with E-state index in [-0.39, 0.29) is 10.8 Å². The average Bonchev–Trinajstić information content (AvgIpc) is 4.37. The predicted molar refractivity (Wildman–Crippen MR) is 338 cm³/mol. The summed E-state index contributed by atoms with van der Waals surface area (Å²) in [6.45, 7) is 9.62. The Kier molecular flexibility index (Phi) is 9.34. The molecular formula is C80H54. The largest absolute Gasteiger partial charge is 0.0616 e. The minimum Gasteiger partial charge on any atom is -0.0616 e. The van der Waals surface area contributed by atoms with Crippen LogP contribution in [0.1, 0.15) is 49.9 Å². The van der Waals surface area contributed by atoms with E-state index in [2.05, 4.69) is 282 Å². The first-order chi connectivity index (χ1) is 39.2. The van der Waals surface area contributed by atoms with Crippen molar-refractivity contribution in [2.45, 2.75) is 38.5 Å². The maximum absolute atomic E-state index is 2.47. The molecule has 4 aliphatic rings. The van der Waals surface area contributed by atoms with Gasteiger partial charge in [0.05, 0.1) is 0 Å². The van der Waals surface area contributed by atoms with E-state index < -0.39 is 0 Å². The average molecular weight is 1020 g/mol. The minimum absolute atomic E-state index is 0.155. The molecule has 0 spiro atoms. The summed E-state index contributed by atoms with van der Waals surface area (Å²) >= 11 is 0. The first-order valence-corrected chi connectivity index (χ1v) is 28.4. The van der Waals surface area contributed by atoms with Crippen molar-refractivity contribution in [2.24, 2.45) is 0 Å². The van der Waals surface area contributed by atoms with Gasteiger partial charge in [-0.05, 0) is 202 Å². The van der Waals surface area contributed by atoms with Crippen LogP contribution in [0.5, 0.6) is 0 Å². The molecule has 17 rings (SSSR count). The Labute approximate surface area is 468 Å². The van der Waals surface area contributed by atoms with Crippen LogP contribution in [0, 0.1) is 0 Å². The van der Waals surface area contributed by atoms with Crippen molar-refractivity contribution in [3.63, 3.8) is 0 Å². The highest BCUT2D eigenvalue weighted by molar-refractivity contribution is 6.20. The summed E-state index contributed by atoms with van der Waals surface area (Å²) in [5, 5.41) is 5.37. The van der Waals surface area contributed by atoms with E-state index in [1.807, 2.05) is 0 Å². The number of fused-ring (bicyclic) bond motifs is 12. The minimum atomic E-state index is -0.157. The normalized spacial score (nSPS) is 13.9. The van der Waals surface area contributed by atoms with Gasteiger partial charge in [0.1, 0.15) is 0 Å². The molecule has 0 heterocycles. The molecule has 0 nitrogen and oxygen atoms in total. The lowest BCUT2D eigenvalue weighted by Crippen LogP contribution is -2.15. The third-order valence-electron chi connectivity index (χ3n) is 19.1. The van der Waals surface area contributed by atoms with Crippen molar-refractivity contribution in [1.29, 1.82) is 0 Å². The van der Waals surface area contributed by atoms with E-state index in [0.29, 0.717) is 0 Å². The number of benzene rings is 13. The van der Waals surface area contributed by atoms with Crippen molar-refractivity contribution in [1.82, 2.24) is 0 Å². The molecule has 374 valence electrons. The van der Waals surface area contributed by atoms with Crippen molar-refractivity contribution in [3.8, 4) is 134 Å². The molecule has 0 N–H and O–H groups in total. The van der Waals surface area contributed by atoms with Crippen LogP contribution in [0.3, 0.4) is 0 Å². The summed E-state index contributed by atoms with van der Waals surface area (Å²) < 4.78 is 0. The van der Waals surface area contributed by atoms with Crippen molar-refractivity contribution >= 4 is 21.5 Å². The van der Waals surface area contributed by atoms with Gasteiger partial charge in [-0.15, -0.1) is 0 Å². The molecule has 0 aromatic heterocycles. The molecule has 0 saturated heterocycles. The SMILES string of the molecule is CC1(C)c2cc(-c3ccc(-c4ccc(-c5ccc6c7c(cccc57)-c5ccccc5-6)cc4)cc3)ccc2-c2ccc(-c3ccc4c(c3)C(C)(C)c3cc(-c5ccc(-c6ccc7c8c(cccc68)-c6ccccc6-7)cc5)ccc3-4)cc21. The summed E-state index contributed by atoms with van der Waals surface area (Å²) in [6, 6.07) is 96.5. The van der Waals surface area contributed by atoms with Gasteiger partial charge < -0.3 is 0 Å². The maximum atomic E-state index is 2.47. The fourth-order valence-corrected chi connectivity index (χ4v) is 14.9. The Balaban J connectivity index is 0.615. The topological polar surface area (TPSA) is 0 Å². The molecule has 0 atom stereocenters. The highest BCUT2D eigenvalue weighted by Crippen LogP contribution is 2.55. The highest BCUT2D eigenvalue weighted by atomic mass is 14.4. The van der Waals surface area contributed by atoms with E-state index >= 15 is 0 Å². The van der Waals surface area contributed by atoms with E-state index in [0.717, 1.165) is 0 Å². The second-order valence-electron chi connectivity index (χ2n) is 23.9. The van der Waals surface area contributed by atoms with Crippen LogP contribution in [-0.2, 0) is 10.8 Å². The maximum Gasteiger partial charge on any atom is 0.0159 e. The van der Waals surface area contributed by atoms with Crippen molar-refractivity contribution in [3.05, 3.63) is 277 Å². The molecular weight excluding hydrogens is 961 g/mol. The monoisotopic (exact) mass is 1010 g/mol. The van der Waals surface area contributed by atoms with Gasteiger partial charge in [-0.1, -0.05) is 258 Å². The molecule has 4 aliphatic carbocycles. The van der Waals surface area contributed by atoms with Gasteiger partial charge in [-0.3, -0.25) is 0 Å². The van der Waals surface area contributed by atoms with Crippen LogP contribution in [0.25, 0.3) is 155 Å². The van der Waals surface area contributed by atoms with Gasteiger partial charge in [0.25, 0.3) is 0 Å². The zero-order valence-corrected chi connectivity index (χ0v) is 45.2. The third kappa shape index (κ3) is 6.39. The summed E-state index contributed by atoms with van der Waals surface area (Å²) in [5.74, 6) is 0. The van der Waals surface area contributed by atoms with Crippen LogP contribution in [0.4, 0.5) is 0 Å². The van der Waals surface area contributed by atoms with Crippen LogP contribution in [-0.4, -0.2) is 0 Å². The molecule has 0 bridgehead atoms. The molecule has 0 fully saturated rings. The number of hydrogen-bond donors (Lipinski definition) is 0. The molecule has 0 saturated carbocycles. The standard InChI is InChI=1S/C80H54/c1-79(2)73-43-53(49-21-19-47(20-22-49)48-23-27-51(28-24-48)57-39-41-71-61-13-7-5-11-59(61)69-17-9-15-67(57)77(69)71)31-35-63(73)65-37-33-55(45-75(65)79)56-34-38-66-64-36-32-54(44-74(64)80(3,4)76(66)46-56)50-25-29-52(30-26-50)58-40-42-72-62-14-8-6-12-60(62)70-18-10-16-68(58)78(70)72/h5-46H,1-4H3. The van der Waals surface area contributed by atoms with Gasteiger partial charge in [0.2, 0.25) is 0 Å². The van der Waals surface area contributed by atoms with Crippen molar-refractivity contribution in [2.75, 3.05) is 0 Å². The highest BCUT2D eigenvalue weighted by Gasteiger charge is 2.38. The van der Waals surface area contributed by atoms with E-state index in [1.165, 1.54) is 177 Å². The molecule has 80 heavy (non-hydrogen) atoms. The van der Waals surface area contributed by atoms with Crippen LogP contribution >= 0.6 is 0 Å². The Bertz CT molecular complexity index is 4770. The lowest BCUT2D eigenvalue weighted by atomic mass is 9.79. The molecule has 13 aromatic rings. The summed E-state index contributed by atoms with van der Waals surface area (Å²) in [4.78, 5) is 0. The predicted octanol–water partition coefficient (Wildman–Crippen LogP) is 21.9. The quantitative estimate of drug-likeness (QED) is 0.156. The van der Waals surface area contributed by atoms with E-state index in [9.17, 15) is 0 Å². The Hall–Kier alpha value is -9.62. The first-order valence-electron chi connectivity index (χ1n) is 28.4. The molecule has 0 unspecified atom stereocenters. The smallest absolute Gasteiger partial charge is 0.0159 e. The van der Waals surface area contributed by atoms with Gasteiger partial charge in [-0.25, -0.2) is 0 Å². The second kappa shape index (κ2) is 16.5. The molecule has 0 amide bonds. The molecule has 0 aliphatic heterocycles. The Morgan fingerprint density at radius 3 is 0.725 bits per heavy atom. The summed E-state index contributed by atoms with van der Waals surface area (Å²) in [5.41, 5.74) is 36.3. The van der Waals surface area contributed by atoms with Gasteiger partial charge in [0.15, 0.2) is 0 Å². The molecule has 0 heteroatoms. The van der Waals surface area contributed by atoms with Crippen LogP contribution < -0.4 is 0 Å². The third-order valence-corrected chi connectivity index (χ3v) is 19.1. The zero-order valence-electron chi connectivity index (χ0n) is 45.2. The molecule has 0 radical (unpaired) electrons. The first kappa shape index (κ1) is 45.4. The van der Waals surface area contributed by atoms with E-state index in [4.69, 9.17) is 0 Å². The fraction of sp³-hybridized carbons (Fsp3) is 0.0750. The van der Waals surface area contributed by atoms with Gasteiger partial charge >= 0.3 is 0 Å². The number of rotatable bonds is 6. The fourth-order valence-electron chi connectivity index (χ4n) is 14.9. The molecule has 13 aromatic carbocycles. The summed E-state index contributed by atoms with van der Waals surface area (Å²) in [7, 11) is 0. The Morgan fingerprint density at radius 1 is 0.175 bits per heavy atom. The van der Waals surface area contributed by atoms with Gasteiger partial charge in [0, 0.05) is 10.8 Å². The lowest BCUT2D eigenvalue weighted by Gasteiger charge is -2.24. The van der Waals surface area contributed by atoms with Crippen molar-refractivity contribution < 1.29 is 0 Å². The zero-order chi connectivity index (χ0) is 53.2. The summed E-state index contributed by atoms with van der Waals surface area (Å²) in [6.07, 6.45) is 0. The van der Waals surface area contributed by atoms with Crippen LogP contribution in [0.15, 0.2) is 255 Å². The second-order valence-corrected chi connectivity index (χ2v) is 23.9.